The number of aromatic nitrogens is 3. The number of hydrogen-bond acceptors (Lipinski definition) is 5. The lowest BCUT2D eigenvalue weighted by molar-refractivity contribution is 0.344. The number of thioether (sulfide) groups is 1. The molecule has 122 valence electrons. The van der Waals surface area contributed by atoms with E-state index in [0.29, 0.717) is 28.2 Å². The summed E-state index contributed by atoms with van der Waals surface area (Å²) in [6.07, 6.45) is 0. The van der Waals surface area contributed by atoms with Crippen molar-refractivity contribution >= 4 is 23.4 Å². The van der Waals surface area contributed by atoms with Gasteiger partial charge in [-0.15, -0.1) is 10.2 Å². The van der Waals surface area contributed by atoms with Gasteiger partial charge in [0.1, 0.15) is 5.75 Å². The van der Waals surface area contributed by atoms with Crippen LogP contribution >= 0.6 is 23.4 Å². The first-order chi connectivity index (χ1) is 11.7. The van der Waals surface area contributed by atoms with Gasteiger partial charge in [-0.05, 0) is 24.3 Å². The van der Waals surface area contributed by atoms with Crippen LogP contribution in [0.2, 0.25) is 5.02 Å². The third-order valence-electron chi connectivity index (χ3n) is 3.13. The molecule has 0 amide bonds. The van der Waals surface area contributed by atoms with E-state index in [1.165, 1.54) is 11.8 Å². The maximum absolute atomic E-state index is 12.1. The van der Waals surface area contributed by atoms with Crippen molar-refractivity contribution < 1.29 is 4.74 Å². The van der Waals surface area contributed by atoms with Crippen molar-refractivity contribution in [2.24, 2.45) is 0 Å². The van der Waals surface area contributed by atoms with Crippen molar-refractivity contribution in [2.75, 3.05) is 12.4 Å². The minimum Gasteiger partial charge on any atom is -0.493 e. The summed E-state index contributed by atoms with van der Waals surface area (Å²) in [6, 6.07) is 16.4. The highest BCUT2D eigenvalue weighted by Crippen LogP contribution is 2.17. The minimum absolute atomic E-state index is 0.252. The molecule has 0 unspecified atom stereocenters. The molecule has 1 N–H and O–H groups in total. The van der Waals surface area contributed by atoms with Gasteiger partial charge in [-0.25, -0.2) is 0 Å². The summed E-state index contributed by atoms with van der Waals surface area (Å²) in [5.41, 5.74) is 0.809. The second-order valence-corrected chi connectivity index (χ2v) is 6.34. The lowest BCUT2D eigenvalue weighted by atomic mass is 10.2. The van der Waals surface area contributed by atoms with Crippen molar-refractivity contribution in [3.63, 3.8) is 0 Å². The average molecular weight is 360 g/mol. The number of nitrogens with zero attached hydrogens (tertiary/aromatic N) is 2. The number of ether oxygens (including phenoxy) is 1. The molecule has 0 saturated heterocycles. The van der Waals surface area contributed by atoms with Gasteiger partial charge in [0.05, 0.1) is 6.61 Å². The monoisotopic (exact) mass is 359 g/mol. The normalized spacial score (nSPS) is 10.5. The number of aromatic amines is 1. The van der Waals surface area contributed by atoms with Crippen LogP contribution < -0.4 is 10.3 Å². The van der Waals surface area contributed by atoms with Gasteiger partial charge < -0.3 is 4.74 Å². The van der Waals surface area contributed by atoms with Crippen LogP contribution in [0.25, 0.3) is 11.3 Å². The smallest absolute Gasteiger partial charge is 0.278 e. The maximum Gasteiger partial charge on any atom is 0.278 e. The lowest BCUT2D eigenvalue weighted by Crippen LogP contribution is -2.14. The number of benzene rings is 2. The predicted octanol–water partition coefficient (Wildman–Crippen LogP) is 3.66. The number of rotatable bonds is 6. The van der Waals surface area contributed by atoms with Crippen LogP contribution in [0.5, 0.6) is 5.75 Å². The van der Waals surface area contributed by atoms with Crippen LogP contribution in [0.3, 0.4) is 0 Å². The lowest BCUT2D eigenvalue weighted by Gasteiger charge is -2.05. The predicted molar refractivity (Wildman–Crippen MR) is 95.8 cm³/mol. The second-order valence-electron chi connectivity index (χ2n) is 4.82. The SMILES string of the molecule is O=c1[nH]c(SCCOc2ccc(Cl)cc2)nnc1-c1ccccc1. The molecule has 0 aliphatic rings. The number of hydrogen-bond donors (Lipinski definition) is 1. The Bertz CT molecular complexity index is 854. The molecule has 1 heterocycles. The molecule has 0 saturated carbocycles. The Morgan fingerprint density at radius 1 is 1.04 bits per heavy atom. The third kappa shape index (κ3) is 4.37. The highest BCUT2D eigenvalue weighted by molar-refractivity contribution is 7.99. The van der Waals surface area contributed by atoms with Crippen molar-refractivity contribution in [1.82, 2.24) is 15.2 Å². The first-order valence-electron chi connectivity index (χ1n) is 7.26. The van der Waals surface area contributed by atoms with E-state index in [-0.39, 0.29) is 5.56 Å². The Hall–Kier alpha value is -2.31. The van der Waals surface area contributed by atoms with Gasteiger partial charge in [-0.1, -0.05) is 53.7 Å². The van der Waals surface area contributed by atoms with Gasteiger partial charge >= 0.3 is 0 Å². The average Bonchev–Trinajstić information content (AvgIpc) is 2.61. The molecule has 0 aliphatic carbocycles. The van der Waals surface area contributed by atoms with E-state index in [4.69, 9.17) is 16.3 Å². The zero-order chi connectivity index (χ0) is 16.8. The molecule has 24 heavy (non-hydrogen) atoms. The van der Waals surface area contributed by atoms with Crippen molar-refractivity contribution in [1.29, 1.82) is 0 Å². The van der Waals surface area contributed by atoms with E-state index in [2.05, 4.69) is 15.2 Å². The van der Waals surface area contributed by atoms with Crippen molar-refractivity contribution in [2.45, 2.75) is 5.16 Å². The van der Waals surface area contributed by atoms with E-state index < -0.39 is 0 Å². The molecule has 0 atom stereocenters. The first kappa shape index (κ1) is 16.5. The molecular formula is C17H14ClN3O2S. The highest BCUT2D eigenvalue weighted by Gasteiger charge is 2.07. The van der Waals surface area contributed by atoms with Gasteiger partial charge in [0.2, 0.25) is 0 Å². The van der Waals surface area contributed by atoms with E-state index >= 15 is 0 Å². The zero-order valence-corrected chi connectivity index (χ0v) is 14.2. The zero-order valence-electron chi connectivity index (χ0n) is 12.6. The Kier molecular flexibility index (Phi) is 5.51. The molecule has 0 fully saturated rings. The Morgan fingerprint density at radius 3 is 2.50 bits per heavy atom. The van der Waals surface area contributed by atoms with Crippen LogP contribution in [-0.2, 0) is 0 Å². The summed E-state index contributed by atoms with van der Waals surface area (Å²) in [5.74, 6) is 1.39. The van der Waals surface area contributed by atoms with E-state index in [1.807, 2.05) is 42.5 Å². The Morgan fingerprint density at radius 2 is 1.79 bits per heavy atom. The van der Waals surface area contributed by atoms with Crippen LogP contribution in [0, 0.1) is 0 Å². The summed E-state index contributed by atoms with van der Waals surface area (Å²) in [4.78, 5) is 14.9. The van der Waals surface area contributed by atoms with E-state index in [9.17, 15) is 4.79 Å². The molecule has 0 spiro atoms. The number of nitrogens with one attached hydrogen (secondary N) is 1. The van der Waals surface area contributed by atoms with Crippen LogP contribution in [0.1, 0.15) is 0 Å². The molecule has 7 heteroatoms. The highest BCUT2D eigenvalue weighted by atomic mass is 35.5. The Balaban J connectivity index is 1.55. The van der Waals surface area contributed by atoms with Crippen LogP contribution in [0.15, 0.2) is 64.5 Å². The fourth-order valence-corrected chi connectivity index (χ4v) is 2.75. The fraction of sp³-hybridized carbons (Fsp3) is 0.118. The van der Waals surface area contributed by atoms with Gasteiger partial charge in [0.15, 0.2) is 10.9 Å². The molecule has 1 aromatic heterocycles. The van der Waals surface area contributed by atoms with Gasteiger partial charge in [0, 0.05) is 16.3 Å². The molecule has 3 rings (SSSR count). The standard InChI is InChI=1S/C17H14ClN3O2S/c18-13-6-8-14(9-7-13)23-10-11-24-17-19-16(22)15(20-21-17)12-4-2-1-3-5-12/h1-9H,10-11H2,(H,19,21,22). The van der Waals surface area contributed by atoms with Crippen molar-refractivity contribution in [3.05, 3.63) is 70.0 Å². The molecule has 0 radical (unpaired) electrons. The number of halogens is 1. The summed E-state index contributed by atoms with van der Waals surface area (Å²) < 4.78 is 5.59. The summed E-state index contributed by atoms with van der Waals surface area (Å²) in [5, 5.41) is 9.22. The van der Waals surface area contributed by atoms with E-state index in [1.54, 1.807) is 12.1 Å². The van der Waals surface area contributed by atoms with Crippen LogP contribution in [-0.4, -0.2) is 27.5 Å². The summed E-state index contributed by atoms with van der Waals surface area (Å²) in [6.45, 7) is 0.483. The summed E-state index contributed by atoms with van der Waals surface area (Å²) in [7, 11) is 0. The van der Waals surface area contributed by atoms with Crippen LogP contribution in [0.4, 0.5) is 0 Å². The molecule has 0 aliphatic heterocycles. The largest absolute Gasteiger partial charge is 0.493 e. The fourth-order valence-electron chi connectivity index (χ4n) is 2.00. The quantitative estimate of drug-likeness (QED) is 0.537. The minimum atomic E-state index is -0.252. The topological polar surface area (TPSA) is 67.9 Å². The molecular weight excluding hydrogens is 346 g/mol. The van der Waals surface area contributed by atoms with E-state index in [0.717, 1.165) is 11.3 Å². The molecule has 0 bridgehead atoms. The van der Waals surface area contributed by atoms with Crippen molar-refractivity contribution in [3.8, 4) is 17.0 Å². The third-order valence-corrected chi connectivity index (χ3v) is 4.21. The molecule has 2 aromatic carbocycles. The first-order valence-corrected chi connectivity index (χ1v) is 8.62. The Labute approximate surface area is 148 Å². The second kappa shape index (κ2) is 7.99. The molecule has 3 aromatic rings. The maximum atomic E-state index is 12.1. The van der Waals surface area contributed by atoms with Gasteiger partial charge in [0.25, 0.3) is 5.56 Å². The molecule has 5 nitrogen and oxygen atoms in total. The van der Waals surface area contributed by atoms with Gasteiger partial charge in [-0.2, -0.15) is 0 Å². The van der Waals surface area contributed by atoms with Gasteiger partial charge in [-0.3, -0.25) is 9.78 Å². The number of H-pyrrole nitrogens is 1. The summed E-state index contributed by atoms with van der Waals surface area (Å²) >= 11 is 7.20.